The summed E-state index contributed by atoms with van der Waals surface area (Å²) in [5.41, 5.74) is 3.16. The van der Waals surface area contributed by atoms with Gasteiger partial charge in [0, 0.05) is 5.75 Å². The van der Waals surface area contributed by atoms with E-state index in [0.29, 0.717) is 12.2 Å². The summed E-state index contributed by atoms with van der Waals surface area (Å²) in [6, 6.07) is 3.78. The van der Waals surface area contributed by atoms with Crippen molar-refractivity contribution in [3.8, 4) is 0 Å². The largest absolute Gasteiger partial charge is 0.466 e. The first-order valence-corrected chi connectivity index (χ1v) is 8.53. The van der Waals surface area contributed by atoms with E-state index in [1.54, 1.807) is 6.92 Å². The first kappa shape index (κ1) is 20.0. The number of esters is 2. The fourth-order valence-corrected chi connectivity index (χ4v) is 2.76. The van der Waals surface area contributed by atoms with Crippen LogP contribution in [0.3, 0.4) is 0 Å². The van der Waals surface area contributed by atoms with Crippen molar-refractivity contribution in [3.05, 3.63) is 34.4 Å². The summed E-state index contributed by atoms with van der Waals surface area (Å²) >= 11 is 0.833. The number of ether oxygens (including phenoxy) is 3. The molecule has 0 radical (unpaired) electrons. The van der Waals surface area contributed by atoms with Crippen LogP contribution in [0.25, 0.3) is 0 Å². The minimum atomic E-state index is -0.607. The van der Waals surface area contributed by atoms with Crippen molar-refractivity contribution in [2.24, 2.45) is 0 Å². The number of benzene rings is 1. The molecule has 0 heterocycles. The molecule has 0 amide bonds. The maximum absolute atomic E-state index is 12.1. The Morgan fingerprint density at radius 1 is 1.00 bits per heavy atom. The zero-order valence-corrected chi connectivity index (χ0v) is 15.2. The van der Waals surface area contributed by atoms with E-state index in [2.05, 4.69) is 0 Å². The maximum Gasteiger partial charge on any atom is 0.370 e. The molecular weight excluding hydrogens is 332 g/mol. The van der Waals surface area contributed by atoms with Gasteiger partial charge in [-0.25, -0.2) is 9.59 Å². The Morgan fingerprint density at radius 3 is 2.21 bits per heavy atom. The molecule has 6 nitrogen and oxygen atoms in total. The average molecular weight is 354 g/mol. The van der Waals surface area contributed by atoms with Crippen molar-refractivity contribution in [1.29, 1.82) is 0 Å². The van der Waals surface area contributed by atoms with Crippen LogP contribution in [0.1, 0.15) is 40.4 Å². The van der Waals surface area contributed by atoms with Gasteiger partial charge in [0.1, 0.15) is 0 Å². The molecule has 0 spiro atoms. The lowest BCUT2D eigenvalue weighted by Gasteiger charge is -2.11. The quantitative estimate of drug-likeness (QED) is 0.547. The van der Waals surface area contributed by atoms with Crippen LogP contribution in [-0.4, -0.2) is 36.4 Å². The number of carbonyl (C=O) groups is 3. The van der Waals surface area contributed by atoms with E-state index < -0.39 is 18.1 Å². The third-order valence-corrected chi connectivity index (χ3v) is 3.84. The van der Waals surface area contributed by atoms with E-state index in [1.807, 2.05) is 32.9 Å². The van der Waals surface area contributed by atoms with Gasteiger partial charge in [-0.3, -0.25) is 4.79 Å². The molecule has 7 heteroatoms. The van der Waals surface area contributed by atoms with Gasteiger partial charge in [0.15, 0.2) is 0 Å². The lowest BCUT2D eigenvalue weighted by Crippen LogP contribution is -2.13. The first-order chi connectivity index (χ1) is 11.3. The number of aryl methyl sites for hydroxylation is 3. The van der Waals surface area contributed by atoms with Gasteiger partial charge in [0.2, 0.25) is 6.79 Å². The van der Waals surface area contributed by atoms with Crippen molar-refractivity contribution in [2.75, 3.05) is 19.2 Å². The highest BCUT2D eigenvalue weighted by atomic mass is 32.2. The number of thioether (sulfide) groups is 1. The van der Waals surface area contributed by atoms with Gasteiger partial charge >= 0.3 is 17.2 Å². The Balaban J connectivity index is 2.36. The van der Waals surface area contributed by atoms with Crippen molar-refractivity contribution < 1.29 is 28.6 Å². The van der Waals surface area contributed by atoms with Gasteiger partial charge in [-0.05, 0) is 50.6 Å². The van der Waals surface area contributed by atoms with Gasteiger partial charge < -0.3 is 14.2 Å². The molecule has 0 saturated carbocycles. The molecule has 0 aromatic heterocycles. The van der Waals surface area contributed by atoms with Gasteiger partial charge in [-0.1, -0.05) is 17.7 Å². The molecule has 1 rings (SSSR count). The van der Waals surface area contributed by atoms with E-state index >= 15 is 0 Å². The summed E-state index contributed by atoms with van der Waals surface area (Å²) in [4.78, 5) is 34.7. The Kier molecular flexibility index (Phi) is 8.32. The summed E-state index contributed by atoms with van der Waals surface area (Å²) < 4.78 is 14.5. The van der Waals surface area contributed by atoms with Gasteiger partial charge in [0.25, 0.3) is 0 Å². The predicted octanol–water partition coefficient (Wildman–Crippen LogP) is 3.55. The van der Waals surface area contributed by atoms with Crippen LogP contribution in [0, 0.1) is 20.8 Å². The summed E-state index contributed by atoms with van der Waals surface area (Å²) in [6.45, 7) is 7.16. The highest BCUT2D eigenvalue weighted by Gasteiger charge is 2.15. The lowest BCUT2D eigenvalue weighted by atomic mass is 10.0. The van der Waals surface area contributed by atoms with Crippen LogP contribution in [0.5, 0.6) is 0 Å². The van der Waals surface area contributed by atoms with Gasteiger partial charge in [-0.2, -0.15) is 0 Å². The Labute approximate surface area is 145 Å². The van der Waals surface area contributed by atoms with Crippen LogP contribution in [0.2, 0.25) is 0 Å². The van der Waals surface area contributed by atoms with Crippen LogP contribution >= 0.6 is 11.8 Å². The van der Waals surface area contributed by atoms with Crippen LogP contribution in [-0.2, 0) is 19.0 Å². The normalized spacial score (nSPS) is 10.2. The van der Waals surface area contributed by atoms with Crippen LogP contribution in [0.4, 0.5) is 4.79 Å². The van der Waals surface area contributed by atoms with Crippen LogP contribution in [0.15, 0.2) is 12.1 Å². The molecule has 0 aliphatic rings. The third-order valence-electron chi connectivity index (χ3n) is 3.08. The SMILES string of the molecule is CCOC(=O)CCSC(=O)OCOC(=O)c1c(C)cc(C)cc1C. The standard InChI is InChI=1S/C17H22O6S/c1-5-21-14(18)6-7-24-17(20)23-10-22-16(19)15-12(3)8-11(2)9-13(15)4/h8-9H,5-7,10H2,1-4H3. The van der Waals surface area contributed by atoms with E-state index in [4.69, 9.17) is 14.2 Å². The fraction of sp³-hybridized carbons (Fsp3) is 0.471. The molecule has 0 atom stereocenters. The smallest absolute Gasteiger partial charge is 0.370 e. The summed E-state index contributed by atoms with van der Waals surface area (Å²) in [6.07, 6.45) is 0.120. The fourth-order valence-electron chi connectivity index (χ4n) is 2.20. The molecule has 0 unspecified atom stereocenters. The molecular formula is C17H22O6S. The summed E-state index contributed by atoms with van der Waals surface area (Å²) in [7, 11) is 0. The maximum atomic E-state index is 12.1. The molecule has 0 aliphatic heterocycles. The van der Waals surface area contributed by atoms with Crippen LogP contribution < -0.4 is 0 Å². The molecule has 132 valence electrons. The van der Waals surface area contributed by atoms with Crippen molar-refractivity contribution in [3.63, 3.8) is 0 Å². The number of hydrogen-bond acceptors (Lipinski definition) is 7. The third kappa shape index (κ3) is 6.62. The molecule has 1 aromatic carbocycles. The lowest BCUT2D eigenvalue weighted by molar-refractivity contribution is -0.142. The Bertz CT molecular complexity index is 588. The molecule has 1 aromatic rings. The zero-order chi connectivity index (χ0) is 18.1. The number of hydrogen-bond donors (Lipinski definition) is 0. The monoisotopic (exact) mass is 354 g/mol. The number of carbonyl (C=O) groups excluding carboxylic acids is 3. The molecule has 0 bridgehead atoms. The second kappa shape index (κ2) is 9.97. The Hall–Kier alpha value is -2.02. The van der Waals surface area contributed by atoms with E-state index in [9.17, 15) is 14.4 Å². The highest BCUT2D eigenvalue weighted by molar-refractivity contribution is 8.13. The number of rotatable bonds is 7. The second-order valence-electron chi connectivity index (χ2n) is 5.12. The van der Waals surface area contributed by atoms with E-state index in [1.165, 1.54) is 0 Å². The van der Waals surface area contributed by atoms with E-state index in [0.717, 1.165) is 28.5 Å². The summed E-state index contributed by atoms with van der Waals surface area (Å²) in [5, 5.41) is -0.607. The zero-order valence-electron chi connectivity index (χ0n) is 14.3. The van der Waals surface area contributed by atoms with Gasteiger partial charge in [-0.15, -0.1) is 0 Å². The summed E-state index contributed by atoms with van der Waals surface area (Å²) in [5.74, 6) is -0.647. The topological polar surface area (TPSA) is 78.9 Å². The minimum absolute atomic E-state index is 0.120. The average Bonchev–Trinajstić information content (AvgIpc) is 2.46. The Morgan fingerprint density at radius 2 is 1.62 bits per heavy atom. The van der Waals surface area contributed by atoms with Gasteiger partial charge in [0.05, 0.1) is 18.6 Å². The van der Waals surface area contributed by atoms with Crippen molar-refractivity contribution in [1.82, 2.24) is 0 Å². The molecule has 0 fully saturated rings. The van der Waals surface area contributed by atoms with E-state index in [-0.39, 0.29) is 18.1 Å². The van der Waals surface area contributed by atoms with Crippen molar-refractivity contribution in [2.45, 2.75) is 34.1 Å². The molecule has 0 aliphatic carbocycles. The highest BCUT2D eigenvalue weighted by Crippen LogP contribution is 2.17. The molecule has 0 N–H and O–H groups in total. The minimum Gasteiger partial charge on any atom is -0.466 e. The predicted molar refractivity (Wildman–Crippen MR) is 91.1 cm³/mol. The van der Waals surface area contributed by atoms with Crippen molar-refractivity contribution >= 4 is 29.0 Å². The molecule has 0 saturated heterocycles. The first-order valence-electron chi connectivity index (χ1n) is 7.55. The molecule has 24 heavy (non-hydrogen) atoms. The second-order valence-corrected chi connectivity index (χ2v) is 6.15.